The topological polar surface area (TPSA) is 50.4 Å². The lowest BCUT2D eigenvalue weighted by Gasteiger charge is -2.27. The van der Waals surface area contributed by atoms with E-state index in [1.165, 1.54) is 19.3 Å². The summed E-state index contributed by atoms with van der Waals surface area (Å²) in [5, 5.41) is 6.09. The Kier molecular flexibility index (Phi) is 6.09. The van der Waals surface area contributed by atoms with Crippen molar-refractivity contribution in [3.05, 3.63) is 0 Å². The van der Waals surface area contributed by atoms with Crippen molar-refractivity contribution >= 4 is 18.3 Å². The van der Waals surface area contributed by atoms with Gasteiger partial charge < -0.3 is 15.4 Å². The Morgan fingerprint density at radius 3 is 2.62 bits per heavy atom. The Labute approximate surface area is 103 Å². The third-order valence-corrected chi connectivity index (χ3v) is 3.24. The van der Waals surface area contributed by atoms with Crippen molar-refractivity contribution < 1.29 is 9.53 Å². The maximum Gasteiger partial charge on any atom is 0.222 e. The van der Waals surface area contributed by atoms with E-state index in [0.29, 0.717) is 19.1 Å². The Morgan fingerprint density at radius 2 is 2.12 bits per heavy atom. The number of hydrogen-bond acceptors (Lipinski definition) is 3. The van der Waals surface area contributed by atoms with Crippen molar-refractivity contribution in [2.75, 3.05) is 26.2 Å². The van der Waals surface area contributed by atoms with Crippen molar-refractivity contribution in [1.82, 2.24) is 10.6 Å². The van der Waals surface area contributed by atoms with Gasteiger partial charge in [0, 0.05) is 26.1 Å². The molecule has 1 aliphatic heterocycles. The predicted molar refractivity (Wildman–Crippen MR) is 64.8 cm³/mol. The van der Waals surface area contributed by atoms with Gasteiger partial charge in [-0.1, -0.05) is 6.42 Å². The lowest BCUT2D eigenvalue weighted by Crippen LogP contribution is -2.48. The molecule has 0 unspecified atom stereocenters. The van der Waals surface area contributed by atoms with Gasteiger partial charge in [0.25, 0.3) is 0 Å². The standard InChI is InChI=1S/C11H20N2O2.ClH/c14-11(13-6-9-2-1-3-9)4-5-15-10-7-12-8-10;/h9-10,12H,1-8H2,(H,13,14);1H. The van der Waals surface area contributed by atoms with Gasteiger partial charge in [-0.3, -0.25) is 4.79 Å². The van der Waals surface area contributed by atoms with Crippen molar-refractivity contribution in [1.29, 1.82) is 0 Å². The summed E-state index contributed by atoms with van der Waals surface area (Å²) < 4.78 is 5.47. The maximum absolute atomic E-state index is 11.4. The van der Waals surface area contributed by atoms with Crippen LogP contribution in [0.3, 0.4) is 0 Å². The molecule has 1 heterocycles. The van der Waals surface area contributed by atoms with Crippen LogP contribution in [-0.2, 0) is 9.53 Å². The first kappa shape index (κ1) is 13.7. The van der Waals surface area contributed by atoms with E-state index in [2.05, 4.69) is 10.6 Å². The molecule has 5 heteroatoms. The van der Waals surface area contributed by atoms with E-state index >= 15 is 0 Å². The first-order valence-electron chi connectivity index (χ1n) is 5.93. The Morgan fingerprint density at radius 1 is 1.38 bits per heavy atom. The van der Waals surface area contributed by atoms with Crippen molar-refractivity contribution in [2.45, 2.75) is 31.8 Å². The molecule has 94 valence electrons. The monoisotopic (exact) mass is 248 g/mol. The third kappa shape index (κ3) is 4.28. The van der Waals surface area contributed by atoms with Crippen LogP contribution in [0.5, 0.6) is 0 Å². The van der Waals surface area contributed by atoms with Gasteiger partial charge in [-0.2, -0.15) is 0 Å². The molecule has 0 aromatic carbocycles. The number of halogens is 1. The second kappa shape index (κ2) is 7.09. The van der Waals surface area contributed by atoms with Crippen LogP contribution in [0.15, 0.2) is 0 Å². The molecule has 1 saturated carbocycles. The zero-order valence-electron chi connectivity index (χ0n) is 9.54. The van der Waals surface area contributed by atoms with Crippen LogP contribution < -0.4 is 10.6 Å². The molecule has 0 spiro atoms. The number of carbonyl (C=O) groups excluding carboxylic acids is 1. The van der Waals surface area contributed by atoms with E-state index in [1.54, 1.807) is 0 Å². The Balaban J connectivity index is 0.00000128. The summed E-state index contributed by atoms with van der Waals surface area (Å²) in [6, 6.07) is 0. The number of amides is 1. The van der Waals surface area contributed by atoms with Gasteiger partial charge in [0.15, 0.2) is 0 Å². The summed E-state index contributed by atoms with van der Waals surface area (Å²) in [5.74, 6) is 0.875. The molecular weight excluding hydrogens is 228 g/mol. The minimum atomic E-state index is 0. The average Bonchev–Trinajstić information content (AvgIpc) is 2.06. The summed E-state index contributed by atoms with van der Waals surface area (Å²) in [6.07, 6.45) is 4.74. The summed E-state index contributed by atoms with van der Waals surface area (Å²) in [5.41, 5.74) is 0. The lowest BCUT2D eigenvalue weighted by molar-refractivity contribution is -0.123. The van der Waals surface area contributed by atoms with Crippen LogP contribution >= 0.6 is 12.4 Å². The van der Waals surface area contributed by atoms with Crippen LogP contribution in [0, 0.1) is 5.92 Å². The van der Waals surface area contributed by atoms with Crippen molar-refractivity contribution in [3.63, 3.8) is 0 Å². The highest BCUT2D eigenvalue weighted by molar-refractivity contribution is 5.85. The first-order valence-corrected chi connectivity index (χ1v) is 5.93. The molecule has 2 fully saturated rings. The van der Waals surface area contributed by atoms with Crippen molar-refractivity contribution in [2.24, 2.45) is 5.92 Å². The van der Waals surface area contributed by atoms with Gasteiger partial charge >= 0.3 is 0 Å². The normalized spacial score (nSPS) is 20.5. The fourth-order valence-electron chi connectivity index (χ4n) is 1.74. The molecule has 16 heavy (non-hydrogen) atoms. The molecule has 0 atom stereocenters. The molecule has 2 rings (SSSR count). The van der Waals surface area contributed by atoms with E-state index in [1.807, 2.05) is 0 Å². The number of ether oxygens (including phenoxy) is 1. The first-order chi connectivity index (χ1) is 7.34. The zero-order valence-corrected chi connectivity index (χ0v) is 10.4. The van der Waals surface area contributed by atoms with Crippen LogP contribution in [-0.4, -0.2) is 38.3 Å². The van der Waals surface area contributed by atoms with Gasteiger partial charge in [-0.25, -0.2) is 0 Å². The fourth-order valence-corrected chi connectivity index (χ4v) is 1.74. The molecule has 1 saturated heterocycles. The third-order valence-electron chi connectivity index (χ3n) is 3.24. The summed E-state index contributed by atoms with van der Waals surface area (Å²) in [4.78, 5) is 11.4. The molecule has 1 aliphatic carbocycles. The van der Waals surface area contributed by atoms with E-state index in [9.17, 15) is 4.79 Å². The SMILES string of the molecule is Cl.O=C(CCOC1CNC1)NCC1CCC1. The molecule has 4 nitrogen and oxygen atoms in total. The highest BCUT2D eigenvalue weighted by Crippen LogP contribution is 2.25. The second-order valence-corrected chi connectivity index (χ2v) is 4.50. The van der Waals surface area contributed by atoms with Gasteiger partial charge in [0.1, 0.15) is 0 Å². The quantitative estimate of drug-likeness (QED) is 0.728. The van der Waals surface area contributed by atoms with E-state index in [-0.39, 0.29) is 18.3 Å². The van der Waals surface area contributed by atoms with Crippen LogP contribution in [0.2, 0.25) is 0 Å². The van der Waals surface area contributed by atoms with Crippen LogP contribution in [0.25, 0.3) is 0 Å². The smallest absolute Gasteiger partial charge is 0.222 e. The molecule has 0 bridgehead atoms. The van der Waals surface area contributed by atoms with E-state index in [4.69, 9.17) is 4.74 Å². The molecule has 0 radical (unpaired) electrons. The summed E-state index contributed by atoms with van der Waals surface area (Å²) in [6.45, 7) is 3.29. The second-order valence-electron chi connectivity index (χ2n) is 4.50. The summed E-state index contributed by atoms with van der Waals surface area (Å²) >= 11 is 0. The van der Waals surface area contributed by atoms with Gasteiger partial charge in [0.2, 0.25) is 5.91 Å². The molecule has 0 aromatic heterocycles. The van der Waals surface area contributed by atoms with Gasteiger partial charge in [-0.05, 0) is 18.8 Å². The Bertz CT molecular complexity index is 218. The van der Waals surface area contributed by atoms with Gasteiger partial charge in [-0.15, -0.1) is 12.4 Å². The van der Waals surface area contributed by atoms with Gasteiger partial charge in [0.05, 0.1) is 12.7 Å². The van der Waals surface area contributed by atoms with E-state index < -0.39 is 0 Å². The molecular formula is C11H21ClN2O2. The fraction of sp³-hybridized carbons (Fsp3) is 0.909. The number of nitrogens with one attached hydrogen (secondary N) is 2. The minimum Gasteiger partial charge on any atom is -0.375 e. The van der Waals surface area contributed by atoms with Crippen molar-refractivity contribution in [3.8, 4) is 0 Å². The number of rotatable bonds is 6. The average molecular weight is 249 g/mol. The maximum atomic E-state index is 11.4. The number of hydrogen-bond donors (Lipinski definition) is 2. The minimum absolute atomic E-state index is 0. The van der Waals surface area contributed by atoms with Crippen LogP contribution in [0.4, 0.5) is 0 Å². The highest BCUT2D eigenvalue weighted by atomic mass is 35.5. The number of carbonyl (C=O) groups is 1. The zero-order chi connectivity index (χ0) is 10.5. The molecule has 2 aliphatic rings. The highest BCUT2D eigenvalue weighted by Gasteiger charge is 2.19. The Hall–Kier alpha value is -0.320. The molecule has 2 N–H and O–H groups in total. The van der Waals surface area contributed by atoms with Crippen LogP contribution in [0.1, 0.15) is 25.7 Å². The molecule has 0 aromatic rings. The molecule has 1 amide bonds. The predicted octanol–water partition coefficient (Wildman–Crippen LogP) is 0.703. The van der Waals surface area contributed by atoms with E-state index in [0.717, 1.165) is 25.6 Å². The largest absolute Gasteiger partial charge is 0.375 e. The lowest BCUT2D eigenvalue weighted by atomic mass is 9.85. The summed E-state index contributed by atoms with van der Waals surface area (Å²) in [7, 11) is 0.